The van der Waals surface area contributed by atoms with Crippen LogP contribution >= 0.6 is 28.1 Å². The Hall–Kier alpha value is -1.40. The number of rotatable bonds is 5. The van der Waals surface area contributed by atoms with E-state index in [1.807, 2.05) is 16.8 Å². The lowest BCUT2D eigenvalue weighted by Gasteiger charge is -2.12. The molecule has 0 saturated carbocycles. The molecular formula is C15H19BrN4S. The molecule has 0 unspecified atom stereocenters. The lowest BCUT2D eigenvalue weighted by molar-refractivity contribution is 0.613. The van der Waals surface area contributed by atoms with Crippen molar-refractivity contribution < 1.29 is 0 Å². The summed E-state index contributed by atoms with van der Waals surface area (Å²) in [7, 11) is 0. The maximum atomic E-state index is 5.33. The molecule has 4 nitrogen and oxygen atoms in total. The number of benzene rings is 1. The minimum absolute atomic E-state index is 0.606. The van der Waals surface area contributed by atoms with Gasteiger partial charge in [-0.1, -0.05) is 19.1 Å². The van der Waals surface area contributed by atoms with Gasteiger partial charge in [0.15, 0.2) is 5.11 Å². The number of thiocarbonyl (C=S) groups is 1. The van der Waals surface area contributed by atoms with Gasteiger partial charge >= 0.3 is 0 Å². The number of hydrogen-bond acceptors (Lipinski definition) is 2. The highest BCUT2D eigenvalue weighted by molar-refractivity contribution is 9.10. The molecule has 1 aromatic carbocycles. The topological polar surface area (TPSA) is 41.9 Å². The van der Waals surface area contributed by atoms with Crippen LogP contribution in [-0.2, 0) is 19.5 Å². The molecule has 0 saturated heterocycles. The van der Waals surface area contributed by atoms with Crippen molar-refractivity contribution in [2.45, 2.75) is 33.4 Å². The summed E-state index contributed by atoms with van der Waals surface area (Å²) >= 11 is 8.83. The molecule has 0 aliphatic carbocycles. The molecule has 0 atom stereocenters. The van der Waals surface area contributed by atoms with Gasteiger partial charge in [0.25, 0.3) is 0 Å². The molecule has 1 aromatic heterocycles. The first-order chi connectivity index (χ1) is 10.1. The lowest BCUT2D eigenvalue weighted by atomic mass is 10.1. The summed E-state index contributed by atoms with van der Waals surface area (Å²) in [4.78, 5) is 0. The van der Waals surface area contributed by atoms with Crippen molar-refractivity contribution in [2.75, 3.05) is 5.32 Å². The fourth-order valence-electron chi connectivity index (χ4n) is 2.00. The van der Waals surface area contributed by atoms with E-state index in [9.17, 15) is 0 Å². The molecule has 0 radical (unpaired) electrons. The van der Waals surface area contributed by atoms with Crippen molar-refractivity contribution in [3.8, 4) is 0 Å². The van der Waals surface area contributed by atoms with Crippen LogP contribution in [0.3, 0.4) is 0 Å². The Balaban J connectivity index is 1.91. The number of aromatic nitrogens is 2. The molecule has 2 N–H and O–H groups in total. The van der Waals surface area contributed by atoms with E-state index < -0.39 is 0 Å². The van der Waals surface area contributed by atoms with Crippen LogP contribution in [0.15, 0.2) is 34.9 Å². The van der Waals surface area contributed by atoms with Crippen LogP contribution in [0, 0.1) is 0 Å². The SMILES string of the molecule is CCc1ccc(NC(=S)NCc2c(Br)cnn2CC)cc1. The van der Waals surface area contributed by atoms with Crippen LogP contribution in [-0.4, -0.2) is 14.9 Å². The molecule has 0 bridgehead atoms. The van der Waals surface area contributed by atoms with Crippen LogP contribution in [0.1, 0.15) is 25.1 Å². The number of halogens is 1. The van der Waals surface area contributed by atoms with Gasteiger partial charge in [0.2, 0.25) is 0 Å². The van der Waals surface area contributed by atoms with Crippen LogP contribution in [0.5, 0.6) is 0 Å². The lowest BCUT2D eigenvalue weighted by Crippen LogP contribution is -2.29. The zero-order valence-electron chi connectivity index (χ0n) is 12.2. The molecule has 112 valence electrons. The van der Waals surface area contributed by atoms with E-state index in [1.165, 1.54) is 5.56 Å². The van der Waals surface area contributed by atoms with E-state index in [-0.39, 0.29) is 0 Å². The van der Waals surface area contributed by atoms with Crippen LogP contribution in [0.2, 0.25) is 0 Å². The second-order valence-corrected chi connectivity index (χ2v) is 5.88. The Morgan fingerprint density at radius 3 is 2.62 bits per heavy atom. The van der Waals surface area contributed by atoms with Crippen molar-refractivity contribution in [2.24, 2.45) is 0 Å². The van der Waals surface area contributed by atoms with Gasteiger partial charge in [0.1, 0.15) is 0 Å². The molecule has 0 fully saturated rings. The third kappa shape index (κ3) is 4.28. The molecule has 2 rings (SSSR count). The van der Waals surface area contributed by atoms with Crippen molar-refractivity contribution in [3.63, 3.8) is 0 Å². The third-order valence-electron chi connectivity index (χ3n) is 3.23. The van der Waals surface area contributed by atoms with Gasteiger partial charge in [-0.2, -0.15) is 5.10 Å². The maximum absolute atomic E-state index is 5.33. The Labute approximate surface area is 139 Å². The quantitative estimate of drug-likeness (QED) is 0.791. The van der Waals surface area contributed by atoms with Gasteiger partial charge in [0, 0.05) is 12.2 Å². The van der Waals surface area contributed by atoms with E-state index in [0.717, 1.165) is 28.8 Å². The fourth-order valence-corrected chi connectivity index (χ4v) is 2.63. The first-order valence-corrected chi connectivity index (χ1v) is 8.18. The molecule has 1 heterocycles. The first-order valence-electron chi connectivity index (χ1n) is 6.98. The smallest absolute Gasteiger partial charge is 0.171 e. The van der Waals surface area contributed by atoms with Crippen LogP contribution in [0.25, 0.3) is 0 Å². The van der Waals surface area contributed by atoms with Crippen molar-refractivity contribution >= 4 is 38.9 Å². The summed E-state index contributed by atoms with van der Waals surface area (Å²) in [6.45, 7) is 5.67. The first kappa shape index (κ1) is 16.0. The van der Waals surface area contributed by atoms with E-state index in [0.29, 0.717) is 11.7 Å². The molecular weight excluding hydrogens is 348 g/mol. The zero-order chi connectivity index (χ0) is 15.2. The van der Waals surface area contributed by atoms with E-state index in [4.69, 9.17) is 12.2 Å². The summed E-state index contributed by atoms with van der Waals surface area (Å²) in [5, 5.41) is 11.3. The molecule has 0 aliphatic heterocycles. The molecule has 0 amide bonds. The summed E-state index contributed by atoms with van der Waals surface area (Å²) < 4.78 is 2.93. The van der Waals surface area contributed by atoms with Crippen molar-refractivity contribution in [3.05, 3.63) is 46.2 Å². The average molecular weight is 367 g/mol. The second kappa shape index (κ2) is 7.56. The van der Waals surface area contributed by atoms with Crippen LogP contribution in [0.4, 0.5) is 5.69 Å². The number of anilines is 1. The number of hydrogen-bond donors (Lipinski definition) is 2. The number of aryl methyl sites for hydroxylation is 2. The summed E-state index contributed by atoms with van der Waals surface area (Å²) in [5.41, 5.74) is 3.39. The number of nitrogens with one attached hydrogen (secondary N) is 2. The average Bonchev–Trinajstić information content (AvgIpc) is 2.86. The largest absolute Gasteiger partial charge is 0.357 e. The second-order valence-electron chi connectivity index (χ2n) is 4.61. The van der Waals surface area contributed by atoms with Gasteiger partial charge in [-0.15, -0.1) is 0 Å². The van der Waals surface area contributed by atoms with Crippen molar-refractivity contribution in [1.29, 1.82) is 0 Å². The molecule has 0 spiro atoms. The Morgan fingerprint density at radius 1 is 1.29 bits per heavy atom. The zero-order valence-corrected chi connectivity index (χ0v) is 14.6. The minimum Gasteiger partial charge on any atom is -0.357 e. The van der Waals surface area contributed by atoms with Crippen molar-refractivity contribution in [1.82, 2.24) is 15.1 Å². The van der Waals surface area contributed by atoms with Gasteiger partial charge < -0.3 is 10.6 Å². The van der Waals surface area contributed by atoms with Gasteiger partial charge in [-0.05, 0) is 59.2 Å². The third-order valence-corrected chi connectivity index (χ3v) is 4.14. The Kier molecular flexibility index (Phi) is 5.76. The highest BCUT2D eigenvalue weighted by Crippen LogP contribution is 2.16. The normalized spacial score (nSPS) is 10.4. The van der Waals surface area contributed by atoms with E-state index in [1.54, 1.807) is 6.20 Å². The Bertz CT molecular complexity index is 607. The summed E-state index contributed by atoms with van der Waals surface area (Å²) in [6, 6.07) is 8.29. The molecule has 21 heavy (non-hydrogen) atoms. The standard InChI is InChI=1S/C15H19BrN4S/c1-3-11-5-7-12(8-6-11)19-15(21)17-10-14-13(16)9-18-20(14)4-2/h5-9H,3-4,10H2,1-2H3,(H2,17,19,21). The predicted octanol–water partition coefficient (Wildman–Crippen LogP) is 3.71. The monoisotopic (exact) mass is 366 g/mol. The highest BCUT2D eigenvalue weighted by atomic mass is 79.9. The van der Waals surface area contributed by atoms with E-state index >= 15 is 0 Å². The molecule has 2 aromatic rings. The maximum Gasteiger partial charge on any atom is 0.171 e. The van der Waals surface area contributed by atoms with Gasteiger partial charge in [-0.3, -0.25) is 4.68 Å². The molecule has 6 heteroatoms. The molecule has 0 aliphatic rings. The highest BCUT2D eigenvalue weighted by Gasteiger charge is 2.08. The predicted molar refractivity (Wildman–Crippen MR) is 94.5 cm³/mol. The summed E-state index contributed by atoms with van der Waals surface area (Å²) in [5.74, 6) is 0. The van der Waals surface area contributed by atoms with E-state index in [2.05, 4.69) is 57.6 Å². The Morgan fingerprint density at radius 2 is 2.00 bits per heavy atom. The van der Waals surface area contributed by atoms with Crippen LogP contribution < -0.4 is 10.6 Å². The fraction of sp³-hybridized carbons (Fsp3) is 0.333. The van der Waals surface area contributed by atoms with Gasteiger partial charge in [0.05, 0.1) is 22.9 Å². The van der Waals surface area contributed by atoms with Gasteiger partial charge in [-0.25, -0.2) is 0 Å². The minimum atomic E-state index is 0.606. The number of nitrogens with zero attached hydrogens (tertiary/aromatic N) is 2. The summed E-state index contributed by atoms with van der Waals surface area (Å²) in [6.07, 6.45) is 2.85.